The van der Waals surface area contributed by atoms with Crippen LogP contribution in [0.25, 0.3) is 0 Å². The van der Waals surface area contributed by atoms with Gasteiger partial charge in [0.1, 0.15) is 34.1 Å². The van der Waals surface area contributed by atoms with Gasteiger partial charge in [0.05, 0.1) is 24.9 Å². The molecule has 0 aromatic heterocycles. The predicted octanol–water partition coefficient (Wildman–Crippen LogP) is 10.6. The first-order chi connectivity index (χ1) is 39.6. The molecule has 4 aliphatic heterocycles. The number of ether oxygens (including phenoxy) is 1. The summed E-state index contributed by atoms with van der Waals surface area (Å²) in [5.74, 6) is 3.32. The highest BCUT2D eigenvalue weighted by atomic mass is 35.7. The molecule has 2 aliphatic carbocycles. The molecule has 2 saturated carbocycles. The fraction of sp³-hybridized carbons (Fsp3) is 0.694. The number of piperidine rings is 2. The van der Waals surface area contributed by atoms with E-state index < -0.39 is 35.8 Å². The summed E-state index contributed by atoms with van der Waals surface area (Å²) in [5, 5.41) is 8.77. The van der Waals surface area contributed by atoms with Crippen LogP contribution < -0.4 is 16.0 Å². The number of nitrogens with zero attached hydrogens (tertiary/aromatic N) is 4. The number of likely N-dealkylation sites (tertiary alicyclic amines) is 1. The number of carbonyl (C=O) groups is 5. The number of aliphatic imine (C=N–C) groups is 2. The average Bonchev–Trinajstić information content (AvgIpc) is 4.11. The number of amides is 4. The van der Waals surface area contributed by atoms with E-state index in [4.69, 9.17) is 25.4 Å². The largest absolute Gasteiger partial charge is 0.444 e. The van der Waals surface area contributed by atoms with Crippen LogP contribution in [-0.2, 0) is 62.3 Å². The fourth-order valence-corrected chi connectivity index (χ4v) is 14.6. The highest BCUT2D eigenvalue weighted by Gasteiger charge is 2.50. The molecule has 2 spiro atoms. The maximum Gasteiger partial charge on any atom is 0.410 e. The molecule has 22 heteroatoms. The Hall–Kier alpha value is -4.86. The van der Waals surface area contributed by atoms with Crippen LogP contribution in [0.1, 0.15) is 178 Å². The Labute approximate surface area is 502 Å². The van der Waals surface area contributed by atoms with Gasteiger partial charge in [0, 0.05) is 67.7 Å². The molecule has 2 saturated heterocycles. The molecule has 468 valence electrons. The highest BCUT2D eigenvalue weighted by molar-refractivity contribution is 8.13. The molecular weight excluding hydrogens is 1140 g/mol. The summed E-state index contributed by atoms with van der Waals surface area (Å²) in [4.78, 5) is 71.7. The summed E-state index contributed by atoms with van der Waals surface area (Å²) < 4.78 is 79.6. The van der Waals surface area contributed by atoms with Crippen LogP contribution in [-0.4, -0.2) is 135 Å². The maximum atomic E-state index is 13.1. The van der Waals surface area contributed by atoms with E-state index >= 15 is 0 Å². The number of carbonyl (C=O) groups excluding carboxylic acids is 5. The van der Waals surface area contributed by atoms with E-state index in [1.165, 1.54) is 11.2 Å². The zero-order chi connectivity index (χ0) is 61.5. The monoisotopic (exact) mass is 1230 g/mol. The number of hydrogen-bond donors (Lipinski definition) is 3. The van der Waals surface area contributed by atoms with E-state index in [1.807, 2.05) is 52.8 Å². The van der Waals surface area contributed by atoms with Crippen LogP contribution in [0.3, 0.4) is 0 Å². The summed E-state index contributed by atoms with van der Waals surface area (Å²) in [5.41, 5.74) is 3.36. The van der Waals surface area contributed by atoms with Gasteiger partial charge < -0.3 is 25.6 Å². The molecule has 4 heterocycles. The average molecular weight is 1230 g/mol. The second kappa shape index (κ2) is 30.7. The first kappa shape index (κ1) is 68.3. The van der Waals surface area contributed by atoms with E-state index in [9.17, 15) is 49.6 Å². The van der Waals surface area contributed by atoms with Gasteiger partial charge in [-0.1, -0.05) is 49.9 Å². The summed E-state index contributed by atoms with van der Waals surface area (Å²) in [6.07, 6.45) is 16.7. The lowest BCUT2D eigenvalue weighted by Gasteiger charge is -2.36. The van der Waals surface area contributed by atoms with Crippen molar-refractivity contribution in [2.75, 3.05) is 56.4 Å². The van der Waals surface area contributed by atoms with Crippen molar-refractivity contribution in [2.24, 2.45) is 33.7 Å². The molecule has 0 atom stereocenters. The van der Waals surface area contributed by atoms with Crippen molar-refractivity contribution in [3.05, 3.63) is 64.2 Å². The van der Waals surface area contributed by atoms with Crippen molar-refractivity contribution in [1.29, 1.82) is 0 Å². The van der Waals surface area contributed by atoms with Gasteiger partial charge in [-0.25, -0.2) is 25.9 Å². The van der Waals surface area contributed by atoms with E-state index in [0.717, 1.165) is 117 Å². The number of ketones is 1. The first-order valence-electron chi connectivity index (χ1n) is 30.4. The molecule has 8 rings (SSSR count). The van der Waals surface area contributed by atoms with Gasteiger partial charge in [-0.3, -0.25) is 37.9 Å². The Morgan fingerprint density at radius 1 is 0.690 bits per heavy atom. The molecule has 0 radical (unpaired) electrons. The molecule has 0 unspecified atom stereocenters. The number of anilines is 1. The Balaban J connectivity index is 0.000000217. The summed E-state index contributed by atoms with van der Waals surface area (Å²) in [6.45, 7) is 13.5. The number of sulfonamides is 1. The minimum atomic E-state index is -3.47. The molecule has 84 heavy (non-hydrogen) atoms. The SMILES string of the molecule is CC(=O)Cc1ccc(CCS(=O)(=O)N2CCC3(CC2)N=C(C2CCC(CCCCF)CC2)NC3=O)c(C)c1.CC(=O)Nc1ccc(CCS(=O)(=O)Cl)c(C)c1.CC(C)(C)OC(=O)N1CCC2(CC1)N=C(C1CCC(CCCCF)CC1)NC2=O. The number of unbranched alkanes of at least 4 members (excludes halogenated alkanes) is 2. The second-order valence-corrected chi connectivity index (χ2v) is 30.1. The van der Waals surface area contributed by atoms with Crippen molar-refractivity contribution >= 4 is 76.7 Å². The molecule has 4 amide bonds. The Morgan fingerprint density at radius 2 is 1.15 bits per heavy atom. The molecule has 0 bridgehead atoms. The number of aryl methyl sites for hydroxylation is 4. The van der Waals surface area contributed by atoms with Crippen LogP contribution in [0.4, 0.5) is 19.3 Å². The van der Waals surface area contributed by atoms with Gasteiger partial charge in [-0.05, 0) is 196 Å². The summed E-state index contributed by atoms with van der Waals surface area (Å²) in [7, 11) is -1.78. The minimum Gasteiger partial charge on any atom is -0.444 e. The minimum absolute atomic E-state index is 0.0126. The van der Waals surface area contributed by atoms with E-state index in [1.54, 1.807) is 30.0 Å². The number of hydrogen-bond acceptors (Lipinski definition) is 12. The van der Waals surface area contributed by atoms with E-state index in [2.05, 4.69) is 16.0 Å². The molecular formula is C62H92ClF2N7O10S2. The second-order valence-electron chi connectivity index (χ2n) is 25.2. The van der Waals surface area contributed by atoms with Gasteiger partial charge in [0.2, 0.25) is 25.0 Å². The fourth-order valence-electron chi connectivity index (χ4n) is 12.5. The molecule has 4 fully saturated rings. The lowest BCUT2D eigenvalue weighted by molar-refractivity contribution is -0.125. The number of halogens is 3. The quantitative estimate of drug-likeness (QED) is 0.0839. The van der Waals surface area contributed by atoms with Crippen molar-refractivity contribution in [2.45, 2.75) is 200 Å². The maximum absolute atomic E-state index is 13.1. The molecule has 2 aromatic rings. The van der Waals surface area contributed by atoms with Gasteiger partial charge in [-0.2, -0.15) is 0 Å². The van der Waals surface area contributed by atoms with Crippen molar-refractivity contribution in [3.63, 3.8) is 0 Å². The summed E-state index contributed by atoms with van der Waals surface area (Å²) in [6, 6.07) is 11.1. The van der Waals surface area contributed by atoms with Gasteiger partial charge >= 0.3 is 6.09 Å². The molecule has 2 aromatic carbocycles. The standard InChI is InChI=1S/C29H42FN3O4S.C22H36FN3O3.C11H14ClNO3S/c1-21-19-24(20-22(2)34)8-9-25(21)12-18-38(36,37)33-16-13-29(14-17-33)28(35)31-27(32-29)26-10-6-23(7-11-26)5-3-4-15-30;1-21(2,3)29-20(28)26-14-11-22(12-15-26)19(27)24-18(25-22)17-9-7-16(8-10-17)6-4-5-13-23;1-8-7-11(13-9(2)14)4-3-10(8)5-6-17(12,15)16/h8-9,19,23,26H,3-7,10-18,20H2,1-2H3,(H,31,32,35);16-17H,4-15H2,1-3H3,(H,24,25,27);3-4,7H,5-6H2,1-2H3,(H,13,14). The number of Topliss-reactive ketones (excluding diaryl/α,β-unsaturated/α-hetero) is 1. The third kappa shape index (κ3) is 20.4. The lowest BCUT2D eigenvalue weighted by Crippen LogP contribution is -2.51. The van der Waals surface area contributed by atoms with Gasteiger partial charge in [0.25, 0.3) is 11.8 Å². The van der Waals surface area contributed by atoms with E-state index in [0.29, 0.717) is 107 Å². The van der Waals surface area contributed by atoms with Crippen molar-refractivity contribution in [3.8, 4) is 0 Å². The zero-order valence-electron chi connectivity index (χ0n) is 50.6. The number of alkyl halides is 2. The van der Waals surface area contributed by atoms with Crippen LogP contribution >= 0.6 is 10.7 Å². The van der Waals surface area contributed by atoms with Crippen molar-refractivity contribution < 1.29 is 54.3 Å². The first-order valence-corrected chi connectivity index (χ1v) is 34.5. The predicted molar refractivity (Wildman–Crippen MR) is 327 cm³/mol. The number of nitrogens with one attached hydrogen (secondary N) is 3. The van der Waals surface area contributed by atoms with Crippen LogP contribution in [0.2, 0.25) is 0 Å². The third-order valence-corrected chi connectivity index (χ3v) is 20.4. The number of rotatable bonds is 20. The van der Waals surface area contributed by atoms with Crippen LogP contribution in [0.5, 0.6) is 0 Å². The molecule has 6 aliphatic rings. The zero-order valence-corrected chi connectivity index (χ0v) is 53.0. The highest BCUT2D eigenvalue weighted by Crippen LogP contribution is 2.39. The Morgan fingerprint density at radius 3 is 1.58 bits per heavy atom. The Bertz CT molecular complexity index is 2900. The summed E-state index contributed by atoms with van der Waals surface area (Å²) >= 11 is 0. The van der Waals surface area contributed by atoms with Crippen LogP contribution in [0.15, 0.2) is 46.4 Å². The Kier molecular flexibility index (Phi) is 24.9. The number of amidine groups is 2. The van der Waals surface area contributed by atoms with Crippen LogP contribution in [0, 0.1) is 37.5 Å². The molecule has 3 N–H and O–H groups in total. The lowest BCUT2D eigenvalue weighted by atomic mass is 9.79. The normalized spacial score (nSPS) is 22.4. The van der Waals surface area contributed by atoms with Crippen molar-refractivity contribution in [1.82, 2.24) is 19.8 Å². The van der Waals surface area contributed by atoms with E-state index in [-0.39, 0.29) is 60.4 Å². The topological polar surface area (TPSA) is 230 Å². The van der Waals surface area contributed by atoms with Gasteiger partial charge in [0.15, 0.2) is 0 Å². The van der Waals surface area contributed by atoms with Gasteiger partial charge in [-0.15, -0.1) is 0 Å². The number of benzene rings is 2. The third-order valence-electron chi connectivity index (χ3n) is 17.4. The smallest absolute Gasteiger partial charge is 0.410 e. The molecule has 17 nitrogen and oxygen atoms in total.